The fourth-order valence-electron chi connectivity index (χ4n) is 1.75. The summed E-state index contributed by atoms with van der Waals surface area (Å²) in [7, 11) is 0. The number of benzene rings is 1. The van der Waals surface area contributed by atoms with Crippen LogP contribution >= 0.6 is 22.9 Å². The second-order valence-electron chi connectivity index (χ2n) is 4.35. The molecule has 0 bridgehead atoms. The first-order chi connectivity index (χ1) is 10.7. The highest BCUT2D eigenvalue weighted by atomic mass is 35.5. The van der Waals surface area contributed by atoms with Crippen LogP contribution in [0, 0.1) is 0 Å². The third-order valence-corrected chi connectivity index (χ3v) is 3.95. The zero-order chi connectivity index (χ0) is 15.4. The maximum Gasteiger partial charge on any atom is 0.235 e. The fraction of sp³-hybridized carbons (Fsp3) is 0.0667. The summed E-state index contributed by atoms with van der Waals surface area (Å²) < 4.78 is 5.60. The van der Waals surface area contributed by atoms with Crippen molar-refractivity contribution in [1.29, 1.82) is 0 Å². The molecule has 22 heavy (non-hydrogen) atoms. The molecule has 0 aliphatic rings. The molecule has 2 heterocycles. The second kappa shape index (κ2) is 6.64. The molecule has 112 valence electrons. The van der Waals surface area contributed by atoms with Gasteiger partial charge in [0.1, 0.15) is 0 Å². The van der Waals surface area contributed by atoms with E-state index in [-0.39, 0.29) is 6.61 Å². The summed E-state index contributed by atoms with van der Waals surface area (Å²) >= 11 is 7.35. The van der Waals surface area contributed by atoms with Crippen molar-refractivity contribution in [3.05, 3.63) is 63.8 Å². The minimum atomic E-state index is 0.111. The summed E-state index contributed by atoms with van der Waals surface area (Å²) in [6.45, 7) is 0.111. The fourth-order valence-corrected chi connectivity index (χ4v) is 2.50. The normalized spacial score (nSPS) is 11.6. The molecule has 2 N–H and O–H groups in total. The van der Waals surface area contributed by atoms with Crippen molar-refractivity contribution >= 4 is 28.8 Å². The predicted octanol–water partition coefficient (Wildman–Crippen LogP) is 3.89. The quantitative estimate of drug-likeness (QED) is 0.436. The van der Waals surface area contributed by atoms with Crippen LogP contribution in [0.3, 0.4) is 0 Å². The van der Waals surface area contributed by atoms with E-state index in [1.165, 1.54) is 11.3 Å². The van der Waals surface area contributed by atoms with E-state index >= 15 is 0 Å². The van der Waals surface area contributed by atoms with Gasteiger partial charge in [0.15, 0.2) is 18.2 Å². The van der Waals surface area contributed by atoms with Gasteiger partial charge in [-0.25, -0.2) is 4.98 Å². The average molecular weight is 334 g/mol. The molecule has 0 aliphatic heterocycles. The number of halogens is 1. The summed E-state index contributed by atoms with van der Waals surface area (Å²) in [5.74, 6) is 1.40. The highest BCUT2D eigenvalue weighted by Crippen LogP contribution is 2.22. The number of hydrogen-bond acceptors (Lipinski definition) is 5. The standard InChI is InChI=1S/C15H12ClN3O2S/c16-11-5-3-10(4-6-11)12-8-18-14(21-12)9-20-19-15(17)13-2-1-7-22-13/h1-8H,9H2,(H2,17,19). The molecule has 0 aliphatic carbocycles. The van der Waals surface area contributed by atoms with Gasteiger partial charge in [-0.1, -0.05) is 22.8 Å². The molecule has 3 aromatic rings. The number of aromatic nitrogens is 1. The van der Waals surface area contributed by atoms with Crippen LogP contribution < -0.4 is 5.73 Å². The molecule has 0 saturated carbocycles. The number of nitrogens with zero attached hydrogens (tertiary/aromatic N) is 2. The van der Waals surface area contributed by atoms with Gasteiger partial charge in [0.05, 0.1) is 11.1 Å². The van der Waals surface area contributed by atoms with Gasteiger partial charge in [-0.2, -0.15) is 0 Å². The number of rotatable bonds is 5. The van der Waals surface area contributed by atoms with Crippen molar-refractivity contribution in [3.8, 4) is 11.3 Å². The molecule has 0 radical (unpaired) electrons. The molecule has 5 nitrogen and oxygen atoms in total. The Labute approximate surface area is 136 Å². The van der Waals surface area contributed by atoms with Gasteiger partial charge in [0.25, 0.3) is 0 Å². The van der Waals surface area contributed by atoms with E-state index in [1.54, 1.807) is 18.3 Å². The Bertz CT molecular complexity index is 766. The molecule has 0 saturated heterocycles. The SMILES string of the molecule is N/C(=N/OCc1ncc(-c2ccc(Cl)cc2)o1)c1cccs1. The molecule has 0 atom stereocenters. The van der Waals surface area contributed by atoms with E-state index in [0.29, 0.717) is 22.5 Å². The van der Waals surface area contributed by atoms with Gasteiger partial charge in [-0.3, -0.25) is 0 Å². The lowest BCUT2D eigenvalue weighted by Gasteiger charge is -1.98. The average Bonchev–Trinajstić information content (AvgIpc) is 3.19. The zero-order valence-electron chi connectivity index (χ0n) is 11.4. The van der Waals surface area contributed by atoms with Gasteiger partial charge in [-0.15, -0.1) is 11.3 Å². The van der Waals surface area contributed by atoms with Crippen molar-refractivity contribution in [3.63, 3.8) is 0 Å². The Morgan fingerprint density at radius 2 is 2.14 bits per heavy atom. The van der Waals surface area contributed by atoms with Gasteiger partial charge in [0, 0.05) is 10.6 Å². The van der Waals surface area contributed by atoms with Crippen molar-refractivity contribution in [1.82, 2.24) is 4.98 Å². The van der Waals surface area contributed by atoms with Gasteiger partial charge in [0.2, 0.25) is 5.89 Å². The summed E-state index contributed by atoms with van der Waals surface area (Å²) in [6, 6.07) is 11.1. The largest absolute Gasteiger partial charge is 0.437 e. The summed E-state index contributed by atoms with van der Waals surface area (Å²) in [4.78, 5) is 10.2. The smallest absolute Gasteiger partial charge is 0.235 e. The maximum absolute atomic E-state index is 5.85. The first kappa shape index (κ1) is 14.6. The highest BCUT2D eigenvalue weighted by Gasteiger charge is 2.07. The van der Waals surface area contributed by atoms with E-state index in [1.807, 2.05) is 29.6 Å². The third kappa shape index (κ3) is 3.47. The lowest BCUT2D eigenvalue weighted by molar-refractivity contribution is 0.111. The highest BCUT2D eigenvalue weighted by molar-refractivity contribution is 7.12. The number of oxazole rings is 1. The van der Waals surface area contributed by atoms with Crippen molar-refractivity contribution in [2.45, 2.75) is 6.61 Å². The molecule has 3 rings (SSSR count). The van der Waals surface area contributed by atoms with Gasteiger partial charge < -0.3 is 15.0 Å². The lowest BCUT2D eigenvalue weighted by Crippen LogP contribution is -2.11. The molecule has 0 spiro atoms. The van der Waals surface area contributed by atoms with Gasteiger partial charge >= 0.3 is 0 Å². The predicted molar refractivity (Wildman–Crippen MR) is 86.8 cm³/mol. The number of thiophene rings is 1. The van der Waals surface area contributed by atoms with E-state index in [9.17, 15) is 0 Å². The van der Waals surface area contributed by atoms with Gasteiger partial charge in [-0.05, 0) is 35.7 Å². The monoisotopic (exact) mass is 333 g/mol. The first-order valence-electron chi connectivity index (χ1n) is 6.42. The molecule has 0 fully saturated rings. The van der Waals surface area contributed by atoms with Crippen LogP contribution in [0.5, 0.6) is 0 Å². The zero-order valence-corrected chi connectivity index (χ0v) is 13.0. The maximum atomic E-state index is 5.85. The molecule has 0 amide bonds. The van der Waals surface area contributed by atoms with E-state index in [2.05, 4.69) is 10.1 Å². The van der Waals surface area contributed by atoms with Crippen LogP contribution in [0.25, 0.3) is 11.3 Å². The summed E-state index contributed by atoms with van der Waals surface area (Å²) in [5, 5.41) is 6.44. The van der Waals surface area contributed by atoms with Crippen molar-refractivity contribution < 1.29 is 9.25 Å². The Hall–Kier alpha value is -2.31. The third-order valence-electron chi connectivity index (χ3n) is 2.81. The molecule has 0 unspecified atom stereocenters. The number of hydrogen-bond donors (Lipinski definition) is 1. The van der Waals surface area contributed by atoms with E-state index in [4.69, 9.17) is 26.6 Å². The minimum absolute atomic E-state index is 0.111. The summed E-state index contributed by atoms with van der Waals surface area (Å²) in [6.07, 6.45) is 1.63. The van der Waals surface area contributed by atoms with Crippen molar-refractivity contribution in [2.75, 3.05) is 0 Å². The lowest BCUT2D eigenvalue weighted by atomic mass is 10.2. The Balaban J connectivity index is 1.62. The number of amidine groups is 1. The molecule has 1 aromatic carbocycles. The molecular formula is C15H12ClN3O2S. The Morgan fingerprint density at radius 1 is 1.32 bits per heavy atom. The molecule has 2 aromatic heterocycles. The Kier molecular flexibility index (Phi) is 4.41. The van der Waals surface area contributed by atoms with Crippen molar-refractivity contribution in [2.24, 2.45) is 10.9 Å². The van der Waals surface area contributed by atoms with Crippen LogP contribution in [-0.2, 0) is 11.4 Å². The van der Waals surface area contributed by atoms with Crippen LogP contribution in [-0.4, -0.2) is 10.8 Å². The Morgan fingerprint density at radius 3 is 2.86 bits per heavy atom. The van der Waals surface area contributed by atoms with E-state index < -0.39 is 0 Å². The number of oxime groups is 1. The molecule has 7 heteroatoms. The molecular weight excluding hydrogens is 322 g/mol. The topological polar surface area (TPSA) is 73.6 Å². The second-order valence-corrected chi connectivity index (χ2v) is 5.74. The van der Waals surface area contributed by atoms with Crippen LogP contribution in [0.4, 0.5) is 0 Å². The van der Waals surface area contributed by atoms with E-state index in [0.717, 1.165) is 10.4 Å². The number of nitrogens with two attached hydrogens (primary N) is 1. The van der Waals surface area contributed by atoms with Crippen LogP contribution in [0.2, 0.25) is 5.02 Å². The van der Waals surface area contributed by atoms with Crippen LogP contribution in [0.15, 0.2) is 57.5 Å². The summed E-state index contributed by atoms with van der Waals surface area (Å²) in [5.41, 5.74) is 6.68. The first-order valence-corrected chi connectivity index (χ1v) is 7.68. The van der Waals surface area contributed by atoms with Crippen LogP contribution in [0.1, 0.15) is 10.8 Å². The minimum Gasteiger partial charge on any atom is -0.437 e.